The molecule has 0 radical (unpaired) electrons. The molecule has 1 aromatic rings. The van der Waals surface area contributed by atoms with Gasteiger partial charge in [-0.2, -0.15) is 0 Å². The van der Waals surface area contributed by atoms with E-state index in [4.69, 9.17) is 11.6 Å². The zero-order valence-electron chi connectivity index (χ0n) is 10.8. The van der Waals surface area contributed by atoms with Crippen molar-refractivity contribution in [2.75, 3.05) is 25.9 Å². The van der Waals surface area contributed by atoms with Gasteiger partial charge in [0.1, 0.15) is 0 Å². The number of nitrogens with one attached hydrogen (secondary N) is 2. The Hall–Kier alpha value is -0.710. The van der Waals surface area contributed by atoms with Gasteiger partial charge in [0.15, 0.2) is 0 Å². The average molecular weight is 287 g/mol. The fourth-order valence-electron chi connectivity index (χ4n) is 1.49. The number of hydrogen-bond acceptors (Lipinski definition) is 3. The van der Waals surface area contributed by atoms with Crippen molar-refractivity contribution in [1.29, 1.82) is 0 Å². The topological polar surface area (TPSA) is 41.1 Å². The minimum Gasteiger partial charge on any atom is -0.352 e. The molecule has 1 aromatic carbocycles. The van der Waals surface area contributed by atoms with E-state index in [0.29, 0.717) is 17.1 Å². The van der Waals surface area contributed by atoms with Crippen LogP contribution in [0.2, 0.25) is 5.02 Å². The zero-order chi connectivity index (χ0) is 13.4. The Balaban J connectivity index is 2.50. The van der Waals surface area contributed by atoms with Gasteiger partial charge >= 0.3 is 0 Å². The normalized spacial score (nSPS) is 10.4. The molecule has 0 spiro atoms. The molecule has 0 fully saturated rings. The lowest BCUT2D eigenvalue weighted by molar-refractivity contribution is 0.0953. The van der Waals surface area contributed by atoms with Crippen molar-refractivity contribution in [3.8, 4) is 0 Å². The van der Waals surface area contributed by atoms with Crippen LogP contribution in [-0.4, -0.2) is 31.8 Å². The molecule has 0 unspecified atom stereocenters. The molecule has 1 amide bonds. The van der Waals surface area contributed by atoms with Gasteiger partial charge in [-0.1, -0.05) is 18.5 Å². The summed E-state index contributed by atoms with van der Waals surface area (Å²) in [6, 6.07) is 5.50. The molecule has 0 aromatic heterocycles. The molecule has 0 heterocycles. The first kappa shape index (κ1) is 15.3. The lowest BCUT2D eigenvalue weighted by Gasteiger charge is -2.08. The summed E-state index contributed by atoms with van der Waals surface area (Å²) in [6.07, 6.45) is 2.89. The highest BCUT2D eigenvalue weighted by molar-refractivity contribution is 7.98. The summed E-state index contributed by atoms with van der Waals surface area (Å²) in [7, 11) is 0. The summed E-state index contributed by atoms with van der Waals surface area (Å²) in [5, 5.41) is 6.59. The second-order valence-corrected chi connectivity index (χ2v) is 5.10. The minimum atomic E-state index is -0.104. The number of rotatable bonds is 7. The lowest BCUT2D eigenvalue weighted by Crippen LogP contribution is -2.27. The van der Waals surface area contributed by atoms with Gasteiger partial charge in [0.25, 0.3) is 5.91 Å². The summed E-state index contributed by atoms with van der Waals surface area (Å²) in [6.45, 7) is 4.59. The molecule has 0 saturated heterocycles. The highest BCUT2D eigenvalue weighted by Gasteiger charge is 2.10. The predicted molar refractivity (Wildman–Crippen MR) is 78.7 cm³/mol. The maximum atomic E-state index is 11.9. The highest BCUT2D eigenvalue weighted by Crippen LogP contribution is 2.22. The van der Waals surface area contributed by atoms with Gasteiger partial charge in [0.05, 0.1) is 10.6 Å². The molecule has 3 nitrogen and oxygen atoms in total. The van der Waals surface area contributed by atoms with Crippen LogP contribution in [0.5, 0.6) is 0 Å². The number of hydrogen-bond donors (Lipinski definition) is 2. The van der Waals surface area contributed by atoms with E-state index in [9.17, 15) is 4.79 Å². The number of amides is 1. The Morgan fingerprint density at radius 2 is 2.17 bits per heavy atom. The third kappa shape index (κ3) is 4.88. The van der Waals surface area contributed by atoms with Crippen LogP contribution >= 0.6 is 23.4 Å². The van der Waals surface area contributed by atoms with Crippen molar-refractivity contribution in [2.24, 2.45) is 0 Å². The molecule has 0 aliphatic carbocycles. The minimum absolute atomic E-state index is 0.104. The van der Waals surface area contributed by atoms with Crippen LogP contribution in [-0.2, 0) is 0 Å². The fraction of sp³-hybridized carbons (Fsp3) is 0.462. The van der Waals surface area contributed by atoms with Gasteiger partial charge in [0, 0.05) is 11.4 Å². The molecule has 0 atom stereocenters. The Morgan fingerprint density at radius 3 is 2.83 bits per heavy atom. The number of carbonyl (C=O) groups is 1. The smallest absolute Gasteiger partial charge is 0.252 e. The number of carbonyl (C=O) groups excluding carboxylic acids is 1. The molecular formula is C13H19ClN2OS. The van der Waals surface area contributed by atoms with Crippen LogP contribution in [0.1, 0.15) is 23.7 Å². The van der Waals surface area contributed by atoms with Gasteiger partial charge in [-0.25, -0.2) is 0 Å². The van der Waals surface area contributed by atoms with Crippen LogP contribution in [0.25, 0.3) is 0 Å². The number of thioether (sulfide) groups is 1. The summed E-state index contributed by atoms with van der Waals surface area (Å²) in [4.78, 5) is 13.0. The summed E-state index contributed by atoms with van der Waals surface area (Å²) in [5.74, 6) is -0.104. The van der Waals surface area contributed by atoms with Gasteiger partial charge in [-0.05, 0) is 44.0 Å². The second-order valence-electron chi connectivity index (χ2n) is 3.81. The van der Waals surface area contributed by atoms with Crippen molar-refractivity contribution >= 4 is 29.3 Å². The first-order valence-electron chi connectivity index (χ1n) is 6.01. The van der Waals surface area contributed by atoms with E-state index in [1.807, 2.05) is 18.4 Å². The molecule has 2 N–H and O–H groups in total. The third-order valence-corrected chi connectivity index (χ3v) is 3.54. The third-order valence-electron chi connectivity index (χ3n) is 2.48. The maximum Gasteiger partial charge on any atom is 0.252 e. The molecule has 5 heteroatoms. The monoisotopic (exact) mass is 286 g/mol. The van der Waals surface area contributed by atoms with E-state index < -0.39 is 0 Å². The van der Waals surface area contributed by atoms with E-state index >= 15 is 0 Å². The largest absolute Gasteiger partial charge is 0.352 e. The van der Waals surface area contributed by atoms with Crippen LogP contribution in [0.15, 0.2) is 23.1 Å². The van der Waals surface area contributed by atoms with Crippen molar-refractivity contribution in [3.63, 3.8) is 0 Å². The SMILES string of the molecule is CCNCCCNC(=O)c1cc(SC)ccc1Cl. The van der Waals surface area contributed by atoms with Gasteiger partial charge in [-0.3, -0.25) is 4.79 Å². The lowest BCUT2D eigenvalue weighted by atomic mass is 10.2. The highest BCUT2D eigenvalue weighted by atomic mass is 35.5. The fourth-order valence-corrected chi connectivity index (χ4v) is 2.14. The Morgan fingerprint density at radius 1 is 1.39 bits per heavy atom. The van der Waals surface area contributed by atoms with Crippen molar-refractivity contribution in [2.45, 2.75) is 18.2 Å². The van der Waals surface area contributed by atoms with E-state index in [-0.39, 0.29) is 5.91 Å². The van der Waals surface area contributed by atoms with Gasteiger partial charge in [0.2, 0.25) is 0 Å². The first-order chi connectivity index (χ1) is 8.69. The maximum absolute atomic E-state index is 11.9. The average Bonchev–Trinajstić information content (AvgIpc) is 2.39. The Kier molecular flexibility index (Phi) is 7.16. The van der Waals surface area contributed by atoms with E-state index in [0.717, 1.165) is 24.4 Å². The molecule has 18 heavy (non-hydrogen) atoms. The van der Waals surface area contributed by atoms with Crippen molar-refractivity contribution < 1.29 is 4.79 Å². The number of benzene rings is 1. The Bertz CT molecular complexity index is 399. The van der Waals surface area contributed by atoms with E-state index in [2.05, 4.69) is 17.6 Å². The summed E-state index contributed by atoms with van der Waals surface area (Å²) >= 11 is 7.62. The molecule has 1 rings (SSSR count). The van der Waals surface area contributed by atoms with E-state index in [1.165, 1.54) is 0 Å². The zero-order valence-corrected chi connectivity index (χ0v) is 12.3. The van der Waals surface area contributed by atoms with Crippen molar-refractivity contribution in [3.05, 3.63) is 28.8 Å². The summed E-state index contributed by atoms with van der Waals surface area (Å²) in [5.41, 5.74) is 0.548. The van der Waals surface area contributed by atoms with Crippen LogP contribution in [0.4, 0.5) is 0 Å². The molecule has 0 aliphatic heterocycles. The van der Waals surface area contributed by atoms with Crippen LogP contribution in [0, 0.1) is 0 Å². The van der Waals surface area contributed by atoms with E-state index in [1.54, 1.807) is 17.8 Å². The first-order valence-corrected chi connectivity index (χ1v) is 7.61. The second kappa shape index (κ2) is 8.40. The molecular weight excluding hydrogens is 268 g/mol. The van der Waals surface area contributed by atoms with Crippen LogP contribution in [0.3, 0.4) is 0 Å². The predicted octanol–water partition coefficient (Wildman–Crippen LogP) is 2.79. The quantitative estimate of drug-likeness (QED) is 0.598. The van der Waals surface area contributed by atoms with Gasteiger partial charge in [-0.15, -0.1) is 11.8 Å². The number of halogens is 1. The standard InChI is InChI=1S/C13H19ClN2OS/c1-3-15-7-4-8-16-13(17)11-9-10(18-2)5-6-12(11)14/h5-6,9,15H,3-4,7-8H2,1-2H3,(H,16,17). The van der Waals surface area contributed by atoms with Crippen LogP contribution < -0.4 is 10.6 Å². The molecule has 0 saturated carbocycles. The molecule has 0 aliphatic rings. The molecule has 100 valence electrons. The summed E-state index contributed by atoms with van der Waals surface area (Å²) < 4.78 is 0. The van der Waals surface area contributed by atoms with Crippen molar-refractivity contribution in [1.82, 2.24) is 10.6 Å². The van der Waals surface area contributed by atoms with Gasteiger partial charge < -0.3 is 10.6 Å². The molecule has 0 bridgehead atoms. The Labute approximate surface area is 118 Å².